The Balaban J connectivity index is 2.49. The summed E-state index contributed by atoms with van der Waals surface area (Å²) in [4.78, 5) is 11.0. The zero-order chi connectivity index (χ0) is 12.9. The summed E-state index contributed by atoms with van der Waals surface area (Å²) in [5, 5.41) is 0. The van der Waals surface area contributed by atoms with Gasteiger partial charge in [0.2, 0.25) is 0 Å². The summed E-state index contributed by atoms with van der Waals surface area (Å²) in [6.07, 6.45) is -1.93. The number of hydrogen-bond donors (Lipinski definition) is 0. The van der Waals surface area contributed by atoms with Gasteiger partial charge in [-0.1, -0.05) is 19.1 Å². The molecule has 1 aromatic rings. The van der Waals surface area contributed by atoms with Crippen LogP contribution in [0.1, 0.15) is 37.3 Å². The molecule has 0 saturated heterocycles. The summed E-state index contributed by atoms with van der Waals surface area (Å²) >= 11 is 0. The maximum Gasteiger partial charge on any atom is 0.416 e. The number of hydrogen-bond acceptors (Lipinski definition) is 1. The van der Waals surface area contributed by atoms with Crippen LogP contribution in [0.2, 0.25) is 0 Å². The number of rotatable bonds is 5. The summed E-state index contributed by atoms with van der Waals surface area (Å²) in [6.45, 7) is 1.81. The van der Waals surface area contributed by atoms with Crippen LogP contribution in [-0.2, 0) is 17.4 Å². The van der Waals surface area contributed by atoms with E-state index in [-0.39, 0.29) is 5.78 Å². The van der Waals surface area contributed by atoms with E-state index < -0.39 is 11.7 Å². The Morgan fingerprint density at radius 3 is 2.24 bits per heavy atom. The quantitative estimate of drug-likeness (QED) is 0.764. The standard InChI is InChI=1S/C13H15F3O/c1-2-12(17)5-3-4-10-6-8-11(9-7-10)13(14,15)16/h6-9H,2-5H2,1H3. The number of carbonyl (C=O) groups excluding carboxylic acids is 1. The van der Waals surface area contributed by atoms with Crippen LogP contribution in [0.5, 0.6) is 0 Å². The molecule has 0 N–H and O–H groups in total. The fourth-order valence-electron chi connectivity index (χ4n) is 1.53. The van der Waals surface area contributed by atoms with Crippen LogP contribution >= 0.6 is 0 Å². The normalized spacial score (nSPS) is 11.5. The first-order valence-electron chi connectivity index (χ1n) is 5.61. The third-order valence-electron chi connectivity index (χ3n) is 2.60. The van der Waals surface area contributed by atoms with Crippen LogP contribution in [-0.4, -0.2) is 5.78 Å². The zero-order valence-electron chi connectivity index (χ0n) is 9.68. The lowest BCUT2D eigenvalue weighted by molar-refractivity contribution is -0.137. The Labute approximate surface area is 98.6 Å². The van der Waals surface area contributed by atoms with Crippen LogP contribution in [0.3, 0.4) is 0 Å². The van der Waals surface area contributed by atoms with Crippen molar-refractivity contribution in [2.75, 3.05) is 0 Å². The largest absolute Gasteiger partial charge is 0.416 e. The SMILES string of the molecule is CCC(=O)CCCc1ccc(C(F)(F)F)cc1. The second-order valence-electron chi connectivity index (χ2n) is 3.94. The highest BCUT2D eigenvalue weighted by atomic mass is 19.4. The summed E-state index contributed by atoms with van der Waals surface area (Å²) < 4.78 is 36.8. The molecule has 0 aromatic heterocycles. The number of carbonyl (C=O) groups is 1. The summed E-state index contributed by atoms with van der Waals surface area (Å²) in [5.74, 6) is 0.192. The van der Waals surface area contributed by atoms with Crippen molar-refractivity contribution in [3.8, 4) is 0 Å². The Bertz CT molecular complexity index is 365. The molecule has 0 heterocycles. The number of alkyl halides is 3. The molecule has 0 fully saturated rings. The number of benzene rings is 1. The van der Waals surface area contributed by atoms with Crippen molar-refractivity contribution >= 4 is 5.78 Å². The average Bonchev–Trinajstić information content (AvgIpc) is 2.28. The van der Waals surface area contributed by atoms with Crippen LogP contribution in [0.15, 0.2) is 24.3 Å². The molecule has 0 aliphatic rings. The molecule has 0 unspecified atom stereocenters. The van der Waals surface area contributed by atoms with Gasteiger partial charge in [0.1, 0.15) is 5.78 Å². The van der Waals surface area contributed by atoms with E-state index in [4.69, 9.17) is 0 Å². The predicted octanol–water partition coefficient (Wildman–Crippen LogP) is 4.01. The molecular formula is C13H15F3O. The van der Waals surface area contributed by atoms with Gasteiger partial charge in [0, 0.05) is 12.8 Å². The smallest absolute Gasteiger partial charge is 0.300 e. The van der Waals surface area contributed by atoms with Crippen molar-refractivity contribution in [3.63, 3.8) is 0 Å². The van der Waals surface area contributed by atoms with E-state index in [1.54, 1.807) is 6.92 Å². The summed E-state index contributed by atoms with van der Waals surface area (Å²) in [7, 11) is 0. The van der Waals surface area contributed by atoms with Gasteiger partial charge in [0.25, 0.3) is 0 Å². The molecule has 4 heteroatoms. The van der Waals surface area contributed by atoms with Crippen molar-refractivity contribution in [3.05, 3.63) is 35.4 Å². The van der Waals surface area contributed by atoms with Crippen LogP contribution in [0.25, 0.3) is 0 Å². The molecule has 0 aliphatic carbocycles. The number of ketones is 1. The van der Waals surface area contributed by atoms with E-state index in [2.05, 4.69) is 0 Å². The van der Waals surface area contributed by atoms with Gasteiger partial charge in [-0.3, -0.25) is 4.79 Å². The second kappa shape index (κ2) is 5.84. The first-order chi connectivity index (χ1) is 7.93. The number of Topliss-reactive ketones (excluding diaryl/α,β-unsaturated/α-hetero) is 1. The van der Waals surface area contributed by atoms with Gasteiger partial charge in [-0.05, 0) is 30.5 Å². The lowest BCUT2D eigenvalue weighted by Crippen LogP contribution is -2.04. The van der Waals surface area contributed by atoms with Gasteiger partial charge in [-0.15, -0.1) is 0 Å². The molecule has 0 aliphatic heterocycles. The number of aryl methyl sites for hydroxylation is 1. The van der Waals surface area contributed by atoms with E-state index >= 15 is 0 Å². The minimum Gasteiger partial charge on any atom is -0.300 e. The highest BCUT2D eigenvalue weighted by molar-refractivity contribution is 5.77. The third kappa shape index (κ3) is 4.59. The first kappa shape index (κ1) is 13.7. The van der Waals surface area contributed by atoms with Gasteiger partial charge in [0.15, 0.2) is 0 Å². The Kier molecular flexibility index (Phi) is 4.73. The predicted molar refractivity (Wildman–Crippen MR) is 59.7 cm³/mol. The van der Waals surface area contributed by atoms with Gasteiger partial charge >= 0.3 is 6.18 Å². The van der Waals surface area contributed by atoms with Crippen molar-refractivity contribution in [2.45, 2.75) is 38.8 Å². The fraction of sp³-hybridized carbons (Fsp3) is 0.462. The molecule has 1 aromatic carbocycles. The zero-order valence-corrected chi connectivity index (χ0v) is 9.68. The van der Waals surface area contributed by atoms with Crippen molar-refractivity contribution in [1.29, 1.82) is 0 Å². The van der Waals surface area contributed by atoms with Crippen molar-refractivity contribution < 1.29 is 18.0 Å². The molecule has 0 bridgehead atoms. The Morgan fingerprint density at radius 1 is 1.18 bits per heavy atom. The topological polar surface area (TPSA) is 17.1 Å². The lowest BCUT2D eigenvalue weighted by atomic mass is 10.0. The monoisotopic (exact) mass is 244 g/mol. The van der Waals surface area contributed by atoms with Crippen LogP contribution < -0.4 is 0 Å². The average molecular weight is 244 g/mol. The summed E-state index contributed by atoms with van der Waals surface area (Å²) in [6, 6.07) is 5.10. The molecule has 0 spiro atoms. The van der Waals surface area contributed by atoms with Gasteiger partial charge in [-0.25, -0.2) is 0 Å². The van der Waals surface area contributed by atoms with Gasteiger partial charge in [-0.2, -0.15) is 13.2 Å². The minimum atomic E-state index is -4.28. The first-order valence-corrected chi connectivity index (χ1v) is 5.61. The van der Waals surface area contributed by atoms with Crippen molar-refractivity contribution in [2.24, 2.45) is 0 Å². The maximum absolute atomic E-state index is 12.3. The van der Waals surface area contributed by atoms with E-state index in [1.807, 2.05) is 0 Å². The number of halogens is 3. The van der Waals surface area contributed by atoms with E-state index in [0.29, 0.717) is 25.7 Å². The van der Waals surface area contributed by atoms with Crippen LogP contribution in [0, 0.1) is 0 Å². The van der Waals surface area contributed by atoms with Gasteiger partial charge in [0.05, 0.1) is 5.56 Å². The minimum absolute atomic E-state index is 0.192. The molecule has 1 nitrogen and oxygen atoms in total. The van der Waals surface area contributed by atoms with E-state index in [1.165, 1.54) is 12.1 Å². The molecule has 0 saturated carbocycles. The second-order valence-corrected chi connectivity index (χ2v) is 3.94. The molecule has 0 radical (unpaired) electrons. The molecule has 1 rings (SSSR count). The van der Waals surface area contributed by atoms with Crippen LogP contribution in [0.4, 0.5) is 13.2 Å². The Hall–Kier alpha value is -1.32. The molecule has 94 valence electrons. The fourth-order valence-corrected chi connectivity index (χ4v) is 1.53. The van der Waals surface area contributed by atoms with Gasteiger partial charge < -0.3 is 0 Å². The summed E-state index contributed by atoms with van der Waals surface area (Å²) in [5.41, 5.74) is 0.202. The highest BCUT2D eigenvalue weighted by Crippen LogP contribution is 2.29. The van der Waals surface area contributed by atoms with Crippen molar-refractivity contribution in [1.82, 2.24) is 0 Å². The molecule has 17 heavy (non-hydrogen) atoms. The maximum atomic E-state index is 12.3. The Morgan fingerprint density at radius 2 is 1.76 bits per heavy atom. The van der Waals surface area contributed by atoms with E-state index in [9.17, 15) is 18.0 Å². The molecule has 0 atom stereocenters. The lowest BCUT2D eigenvalue weighted by Gasteiger charge is -2.07. The highest BCUT2D eigenvalue weighted by Gasteiger charge is 2.29. The molecular weight excluding hydrogens is 229 g/mol. The third-order valence-corrected chi connectivity index (χ3v) is 2.60. The molecule has 0 amide bonds. The van der Waals surface area contributed by atoms with E-state index in [0.717, 1.165) is 17.7 Å².